The van der Waals surface area contributed by atoms with Crippen molar-refractivity contribution in [3.63, 3.8) is 0 Å². The minimum Gasteiger partial charge on any atom is -0.388 e. The van der Waals surface area contributed by atoms with Gasteiger partial charge < -0.3 is 9.84 Å². The lowest BCUT2D eigenvalue weighted by Crippen LogP contribution is -2.13. The second-order valence-electron chi connectivity index (χ2n) is 4.07. The molecule has 1 aliphatic heterocycles. The lowest BCUT2D eigenvalue weighted by Gasteiger charge is -2.18. The largest absolute Gasteiger partial charge is 0.388 e. The molecule has 0 saturated carbocycles. The van der Waals surface area contributed by atoms with E-state index >= 15 is 0 Å². The van der Waals surface area contributed by atoms with Crippen LogP contribution < -0.4 is 0 Å². The van der Waals surface area contributed by atoms with E-state index in [9.17, 15) is 5.11 Å². The molecule has 0 spiro atoms. The topological polar surface area (TPSA) is 29.5 Å². The van der Waals surface area contributed by atoms with Crippen LogP contribution in [-0.4, -0.2) is 18.3 Å². The Morgan fingerprint density at radius 3 is 2.93 bits per heavy atom. The van der Waals surface area contributed by atoms with Crippen LogP contribution in [0.1, 0.15) is 23.7 Å². The number of aliphatic hydroxyl groups is 1. The van der Waals surface area contributed by atoms with Crippen molar-refractivity contribution in [2.45, 2.75) is 19.4 Å². The number of aryl methyl sites for hydroxylation is 1. The molecule has 2 rings (SSSR count). The highest BCUT2D eigenvalue weighted by atomic mass is 79.9. The molecule has 15 heavy (non-hydrogen) atoms. The van der Waals surface area contributed by atoms with E-state index in [-0.39, 0.29) is 12.0 Å². The minimum atomic E-state index is -0.388. The molecule has 0 bridgehead atoms. The van der Waals surface area contributed by atoms with E-state index in [1.165, 1.54) is 0 Å². The van der Waals surface area contributed by atoms with Gasteiger partial charge in [-0.1, -0.05) is 22.0 Å². The van der Waals surface area contributed by atoms with E-state index in [1.807, 2.05) is 25.1 Å². The molecule has 1 heterocycles. The normalized spacial score (nSPS) is 23.0. The van der Waals surface area contributed by atoms with Crippen LogP contribution in [0.2, 0.25) is 0 Å². The zero-order valence-electron chi connectivity index (χ0n) is 8.74. The highest BCUT2D eigenvalue weighted by molar-refractivity contribution is 9.10. The van der Waals surface area contributed by atoms with Crippen molar-refractivity contribution >= 4 is 15.9 Å². The second-order valence-corrected chi connectivity index (χ2v) is 4.99. The Kier molecular flexibility index (Phi) is 3.44. The van der Waals surface area contributed by atoms with Gasteiger partial charge in [0.05, 0.1) is 12.7 Å². The molecular weight excluding hydrogens is 256 g/mol. The number of ether oxygens (including phenoxy) is 1. The second kappa shape index (κ2) is 4.64. The zero-order valence-corrected chi connectivity index (χ0v) is 10.3. The minimum absolute atomic E-state index is 0.255. The Hall–Kier alpha value is -0.380. The summed E-state index contributed by atoms with van der Waals surface area (Å²) >= 11 is 3.42. The fourth-order valence-electron chi connectivity index (χ4n) is 2.03. The average molecular weight is 271 g/mol. The van der Waals surface area contributed by atoms with E-state index in [0.717, 1.165) is 28.6 Å². The van der Waals surface area contributed by atoms with Crippen LogP contribution in [0, 0.1) is 12.8 Å². The van der Waals surface area contributed by atoms with Crippen LogP contribution >= 0.6 is 15.9 Å². The Balaban J connectivity index is 2.20. The van der Waals surface area contributed by atoms with Crippen molar-refractivity contribution < 1.29 is 9.84 Å². The van der Waals surface area contributed by atoms with Crippen molar-refractivity contribution in [3.05, 3.63) is 33.8 Å². The van der Waals surface area contributed by atoms with Crippen molar-refractivity contribution in [2.75, 3.05) is 13.2 Å². The highest BCUT2D eigenvalue weighted by Crippen LogP contribution is 2.31. The maximum Gasteiger partial charge on any atom is 0.0843 e. The molecule has 2 nitrogen and oxygen atoms in total. The standard InChI is InChI=1S/C12H15BrO2/c1-8-6-10(13)2-3-11(8)12(14)9-4-5-15-7-9/h2-3,6,9,12,14H,4-5,7H2,1H3. The molecule has 1 aromatic carbocycles. The Labute approximate surface area is 98.4 Å². The van der Waals surface area contributed by atoms with Gasteiger partial charge >= 0.3 is 0 Å². The molecule has 1 saturated heterocycles. The summed E-state index contributed by atoms with van der Waals surface area (Å²) in [6, 6.07) is 6.00. The first kappa shape index (κ1) is 11.1. The lowest BCUT2D eigenvalue weighted by molar-refractivity contribution is 0.0913. The molecule has 1 aliphatic rings. The monoisotopic (exact) mass is 270 g/mol. The molecule has 2 atom stereocenters. The Bertz CT molecular complexity index is 345. The third-order valence-electron chi connectivity index (χ3n) is 2.96. The van der Waals surface area contributed by atoms with Crippen molar-refractivity contribution in [2.24, 2.45) is 5.92 Å². The predicted molar refractivity (Wildman–Crippen MR) is 62.8 cm³/mol. The molecule has 0 amide bonds. The van der Waals surface area contributed by atoms with Crippen molar-refractivity contribution in [3.8, 4) is 0 Å². The van der Waals surface area contributed by atoms with Gasteiger partial charge in [-0.15, -0.1) is 0 Å². The van der Waals surface area contributed by atoms with E-state index in [4.69, 9.17) is 4.74 Å². The van der Waals surface area contributed by atoms with E-state index in [2.05, 4.69) is 15.9 Å². The lowest BCUT2D eigenvalue weighted by atomic mass is 9.92. The van der Waals surface area contributed by atoms with Gasteiger partial charge in [-0.3, -0.25) is 0 Å². The molecular formula is C12H15BrO2. The number of halogens is 1. The SMILES string of the molecule is Cc1cc(Br)ccc1C(O)C1CCOC1. The highest BCUT2D eigenvalue weighted by Gasteiger charge is 2.26. The average Bonchev–Trinajstić information content (AvgIpc) is 2.69. The number of aliphatic hydroxyl groups excluding tert-OH is 1. The zero-order chi connectivity index (χ0) is 10.8. The Morgan fingerprint density at radius 2 is 2.33 bits per heavy atom. The van der Waals surface area contributed by atoms with Crippen LogP contribution in [0.3, 0.4) is 0 Å². The van der Waals surface area contributed by atoms with Gasteiger partial charge in [-0.25, -0.2) is 0 Å². The molecule has 1 N–H and O–H groups in total. The summed E-state index contributed by atoms with van der Waals surface area (Å²) < 4.78 is 6.35. The van der Waals surface area contributed by atoms with Crippen LogP contribution in [0.5, 0.6) is 0 Å². The quantitative estimate of drug-likeness (QED) is 0.896. The summed E-state index contributed by atoms with van der Waals surface area (Å²) in [6.07, 6.45) is 0.567. The maximum absolute atomic E-state index is 10.2. The van der Waals surface area contributed by atoms with Gasteiger partial charge in [-0.2, -0.15) is 0 Å². The van der Waals surface area contributed by atoms with Crippen molar-refractivity contribution in [1.82, 2.24) is 0 Å². The summed E-state index contributed by atoms with van der Waals surface area (Å²) in [5, 5.41) is 10.2. The summed E-state index contributed by atoms with van der Waals surface area (Å²) in [5.41, 5.74) is 2.15. The van der Waals surface area contributed by atoms with Gasteiger partial charge in [0.1, 0.15) is 0 Å². The molecule has 0 aliphatic carbocycles. The van der Waals surface area contributed by atoms with Crippen molar-refractivity contribution in [1.29, 1.82) is 0 Å². The van der Waals surface area contributed by atoms with Crippen LogP contribution in [0.25, 0.3) is 0 Å². The number of benzene rings is 1. The number of hydrogen-bond acceptors (Lipinski definition) is 2. The third kappa shape index (κ3) is 2.41. The fourth-order valence-corrected chi connectivity index (χ4v) is 2.50. The first-order valence-corrected chi connectivity index (χ1v) is 5.99. The van der Waals surface area contributed by atoms with Crippen LogP contribution in [0.4, 0.5) is 0 Å². The third-order valence-corrected chi connectivity index (χ3v) is 3.46. The number of hydrogen-bond donors (Lipinski definition) is 1. The first-order chi connectivity index (χ1) is 7.18. The molecule has 0 radical (unpaired) electrons. The molecule has 82 valence electrons. The van der Waals surface area contributed by atoms with E-state index in [0.29, 0.717) is 6.61 Å². The first-order valence-electron chi connectivity index (χ1n) is 5.20. The molecule has 3 heteroatoms. The van der Waals surface area contributed by atoms with Gasteiger partial charge in [-0.05, 0) is 36.6 Å². The Morgan fingerprint density at radius 1 is 1.53 bits per heavy atom. The van der Waals surface area contributed by atoms with Gasteiger partial charge in [0, 0.05) is 17.0 Å². The summed E-state index contributed by atoms with van der Waals surface area (Å²) in [4.78, 5) is 0. The summed E-state index contributed by atoms with van der Waals surface area (Å²) in [7, 11) is 0. The molecule has 2 unspecified atom stereocenters. The molecule has 0 aromatic heterocycles. The molecule has 1 fully saturated rings. The van der Waals surface area contributed by atoms with Gasteiger partial charge in [0.2, 0.25) is 0 Å². The van der Waals surface area contributed by atoms with Crippen LogP contribution in [0.15, 0.2) is 22.7 Å². The fraction of sp³-hybridized carbons (Fsp3) is 0.500. The maximum atomic E-state index is 10.2. The summed E-state index contributed by atoms with van der Waals surface area (Å²) in [6.45, 7) is 3.48. The summed E-state index contributed by atoms with van der Waals surface area (Å²) in [5.74, 6) is 0.255. The molecule has 1 aromatic rings. The van der Waals surface area contributed by atoms with Gasteiger partial charge in [0.25, 0.3) is 0 Å². The van der Waals surface area contributed by atoms with Crippen LogP contribution in [-0.2, 0) is 4.74 Å². The number of rotatable bonds is 2. The van der Waals surface area contributed by atoms with Gasteiger partial charge in [0.15, 0.2) is 0 Å². The van der Waals surface area contributed by atoms with E-state index < -0.39 is 0 Å². The predicted octanol–water partition coefficient (Wildman–Crippen LogP) is 2.83. The smallest absolute Gasteiger partial charge is 0.0843 e. The van der Waals surface area contributed by atoms with E-state index in [1.54, 1.807) is 0 Å².